The van der Waals surface area contributed by atoms with Crippen LogP contribution in [0, 0.1) is 5.82 Å². The molecule has 1 aromatic heterocycles. The molecule has 1 fully saturated rings. The van der Waals surface area contributed by atoms with E-state index in [0.29, 0.717) is 0 Å². The van der Waals surface area contributed by atoms with Gasteiger partial charge in [-0.15, -0.1) is 0 Å². The van der Waals surface area contributed by atoms with Crippen molar-refractivity contribution >= 4 is 5.91 Å². The number of rotatable bonds is 1. The minimum absolute atomic E-state index is 0.0561. The topological polar surface area (TPSA) is 33.2 Å². The quantitative estimate of drug-likeness (QED) is 0.705. The molecule has 1 aliphatic heterocycles. The lowest BCUT2D eigenvalue weighted by Crippen LogP contribution is -2.36. The van der Waals surface area contributed by atoms with Crippen molar-refractivity contribution in [1.82, 2.24) is 9.88 Å². The Kier molecular flexibility index (Phi) is 2.94. The summed E-state index contributed by atoms with van der Waals surface area (Å²) in [7, 11) is 0. The van der Waals surface area contributed by atoms with E-state index in [1.165, 1.54) is 18.3 Å². The molecule has 0 atom stereocenters. The molecule has 1 aliphatic rings. The molecule has 3 nitrogen and oxygen atoms in total. The van der Waals surface area contributed by atoms with E-state index in [0.717, 1.165) is 32.4 Å². The molecule has 2 rings (SSSR count). The Morgan fingerprint density at radius 1 is 1.33 bits per heavy atom. The summed E-state index contributed by atoms with van der Waals surface area (Å²) in [5, 5.41) is 0. The minimum Gasteiger partial charge on any atom is -0.337 e. The van der Waals surface area contributed by atoms with Crippen LogP contribution in [0.4, 0.5) is 4.39 Å². The molecule has 2 heterocycles. The van der Waals surface area contributed by atoms with E-state index in [-0.39, 0.29) is 11.6 Å². The summed E-state index contributed by atoms with van der Waals surface area (Å²) in [4.78, 5) is 17.3. The van der Waals surface area contributed by atoms with Gasteiger partial charge in [0.25, 0.3) is 5.91 Å². The van der Waals surface area contributed by atoms with Crippen molar-refractivity contribution < 1.29 is 9.18 Å². The maximum absolute atomic E-state index is 13.3. The summed E-state index contributed by atoms with van der Waals surface area (Å²) in [5.74, 6) is -0.819. The van der Waals surface area contributed by atoms with Crippen LogP contribution in [0.5, 0.6) is 0 Å². The van der Waals surface area contributed by atoms with Gasteiger partial charge in [-0.05, 0) is 31.4 Å². The summed E-state index contributed by atoms with van der Waals surface area (Å²) in [5.41, 5.74) is -0.0561. The first-order valence-electron chi connectivity index (χ1n) is 5.19. The fourth-order valence-corrected chi connectivity index (χ4v) is 1.79. The summed E-state index contributed by atoms with van der Waals surface area (Å²) in [6, 6.07) is 2.76. The Bertz CT molecular complexity index is 361. The Hall–Kier alpha value is -1.45. The molecule has 0 unspecified atom stereocenters. The van der Waals surface area contributed by atoms with Gasteiger partial charge in [0.05, 0.1) is 0 Å². The third-order valence-electron chi connectivity index (χ3n) is 2.60. The van der Waals surface area contributed by atoms with Gasteiger partial charge in [-0.2, -0.15) is 0 Å². The van der Waals surface area contributed by atoms with E-state index in [1.807, 2.05) is 0 Å². The highest BCUT2D eigenvalue weighted by Crippen LogP contribution is 2.13. The number of likely N-dealkylation sites (tertiary alicyclic amines) is 1. The van der Waals surface area contributed by atoms with Crippen LogP contribution >= 0.6 is 0 Å². The molecule has 0 bridgehead atoms. The highest BCUT2D eigenvalue weighted by molar-refractivity contribution is 5.92. The van der Waals surface area contributed by atoms with Crippen LogP contribution in [-0.2, 0) is 0 Å². The van der Waals surface area contributed by atoms with Gasteiger partial charge in [0, 0.05) is 19.3 Å². The first kappa shape index (κ1) is 10.1. The minimum atomic E-state index is -0.534. The van der Waals surface area contributed by atoms with Gasteiger partial charge in [-0.3, -0.25) is 4.79 Å². The number of aromatic nitrogens is 1. The highest BCUT2D eigenvalue weighted by Gasteiger charge is 2.21. The lowest BCUT2D eigenvalue weighted by Gasteiger charge is -2.26. The third-order valence-corrected chi connectivity index (χ3v) is 2.60. The Balaban J connectivity index is 2.16. The molecule has 0 aromatic carbocycles. The Morgan fingerprint density at radius 3 is 2.73 bits per heavy atom. The standard InChI is InChI=1S/C11H13FN2O/c12-9-5-4-6-13-10(9)11(15)14-7-2-1-3-8-14/h4-6H,1-3,7-8H2. The number of halogens is 1. The average molecular weight is 208 g/mol. The van der Waals surface area contributed by atoms with Crippen molar-refractivity contribution in [2.45, 2.75) is 19.3 Å². The molecule has 15 heavy (non-hydrogen) atoms. The molecule has 0 radical (unpaired) electrons. The van der Waals surface area contributed by atoms with Crippen molar-refractivity contribution in [2.75, 3.05) is 13.1 Å². The van der Waals surface area contributed by atoms with Crippen molar-refractivity contribution in [3.05, 3.63) is 29.8 Å². The number of carbonyl (C=O) groups is 1. The molecular weight excluding hydrogens is 195 g/mol. The zero-order valence-corrected chi connectivity index (χ0v) is 8.45. The maximum atomic E-state index is 13.3. The zero-order chi connectivity index (χ0) is 10.7. The summed E-state index contributed by atoms with van der Waals surface area (Å²) >= 11 is 0. The molecule has 0 aliphatic carbocycles. The van der Waals surface area contributed by atoms with E-state index in [9.17, 15) is 9.18 Å². The molecule has 1 saturated heterocycles. The molecule has 1 aromatic rings. The predicted molar refractivity (Wildman–Crippen MR) is 53.9 cm³/mol. The number of nitrogens with zero attached hydrogens (tertiary/aromatic N) is 2. The van der Waals surface area contributed by atoms with E-state index in [2.05, 4.69) is 4.98 Å². The van der Waals surface area contributed by atoms with Crippen molar-refractivity contribution in [1.29, 1.82) is 0 Å². The van der Waals surface area contributed by atoms with E-state index >= 15 is 0 Å². The first-order chi connectivity index (χ1) is 7.29. The van der Waals surface area contributed by atoms with E-state index < -0.39 is 5.82 Å². The zero-order valence-electron chi connectivity index (χ0n) is 8.45. The van der Waals surface area contributed by atoms with Gasteiger partial charge in [0.15, 0.2) is 11.5 Å². The van der Waals surface area contributed by atoms with Crippen LogP contribution in [0.2, 0.25) is 0 Å². The lowest BCUT2D eigenvalue weighted by molar-refractivity contribution is 0.0713. The maximum Gasteiger partial charge on any atom is 0.275 e. The number of hydrogen-bond donors (Lipinski definition) is 0. The smallest absolute Gasteiger partial charge is 0.275 e. The van der Waals surface area contributed by atoms with Gasteiger partial charge < -0.3 is 4.90 Å². The SMILES string of the molecule is O=C(c1ncccc1F)N1CCCCC1. The average Bonchev–Trinajstić information content (AvgIpc) is 2.30. The first-order valence-corrected chi connectivity index (χ1v) is 5.19. The fourth-order valence-electron chi connectivity index (χ4n) is 1.79. The largest absolute Gasteiger partial charge is 0.337 e. The monoisotopic (exact) mass is 208 g/mol. The fraction of sp³-hybridized carbons (Fsp3) is 0.455. The number of hydrogen-bond acceptors (Lipinski definition) is 2. The van der Waals surface area contributed by atoms with Crippen molar-refractivity contribution in [3.8, 4) is 0 Å². The van der Waals surface area contributed by atoms with E-state index in [1.54, 1.807) is 4.90 Å². The molecule has 80 valence electrons. The number of piperidine rings is 1. The lowest BCUT2D eigenvalue weighted by atomic mass is 10.1. The molecule has 0 saturated carbocycles. The van der Waals surface area contributed by atoms with Gasteiger partial charge >= 0.3 is 0 Å². The van der Waals surface area contributed by atoms with Crippen LogP contribution in [0.15, 0.2) is 18.3 Å². The highest BCUT2D eigenvalue weighted by atomic mass is 19.1. The molecule has 0 N–H and O–H groups in total. The Morgan fingerprint density at radius 2 is 2.07 bits per heavy atom. The van der Waals surface area contributed by atoms with Crippen LogP contribution in [0.25, 0.3) is 0 Å². The van der Waals surface area contributed by atoms with Gasteiger partial charge in [0.2, 0.25) is 0 Å². The second-order valence-corrected chi connectivity index (χ2v) is 3.69. The summed E-state index contributed by atoms with van der Waals surface area (Å²) < 4.78 is 13.3. The summed E-state index contributed by atoms with van der Waals surface area (Å²) in [6.45, 7) is 1.43. The molecule has 4 heteroatoms. The third kappa shape index (κ3) is 2.14. The normalized spacial score (nSPS) is 16.5. The van der Waals surface area contributed by atoms with Gasteiger partial charge in [-0.25, -0.2) is 9.37 Å². The Labute approximate surface area is 87.9 Å². The molecular formula is C11H13FN2O. The second-order valence-electron chi connectivity index (χ2n) is 3.69. The van der Waals surface area contributed by atoms with E-state index in [4.69, 9.17) is 0 Å². The van der Waals surface area contributed by atoms with Gasteiger partial charge in [0.1, 0.15) is 0 Å². The summed E-state index contributed by atoms with van der Waals surface area (Å²) in [6.07, 6.45) is 4.59. The van der Waals surface area contributed by atoms with Crippen molar-refractivity contribution in [2.24, 2.45) is 0 Å². The second kappa shape index (κ2) is 4.38. The predicted octanol–water partition coefficient (Wildman–Crippen LogP) is 1.85. The van der Waals surface area contributed by atoms with Crippen LogP contribution in [-0.4, -0.2) is 28.9 Å². The van der Waals surface area contributed by atoms with Crippen molar-refractivity contribution in [3.63, 3.8) is 0 Å². The number of pyridine rings is 1. The van der Waals surface area contributed by atoms with Gasteiger partial charge in [-0.1, -0.05) is 0 Å². The number of amides is 1. The molecule has 0 spiro atoms. The van der Waals surface area contributed by atoms with Crippen LogP contribution < -0.4 is 0 Å². The molecule has 1 amide bonds. The van der Waals surface area contributed by atoms with Crippen LogP contribution in [0.1, 0.15) is 29.8 Å². The van der Waals surface area contributed by atoms with Crippen LogP contribution in [0.3, 0.4) is 0 Å². The number of carbonyl (C=O) groups excluding carboxylic acids is 1.